The number of nitrogens with zero attached hydrogens (tertiary/aromatic N) is 2. The average Bonchev–Trinajstić information content (AvgIpc) is 3.11. The van der Waals surface area contributed by atoms with Crippen molar-refractivity contribution in [3.8, 4) is 0 Å². The molecule has 0 saturated carbocycles. The minimum atomic E-state index is 0.205. The molecule has 4 nitrogen and oxygen atoms in total. The minimum Gasteiger partial charge on any atom is -0.361 e. The molecule has 1 atom stereocenters. The number of hydrogen-bond donors (Lipinski definition) is 1. The van der Waals surface area contributed by atoms with E-state index in [1.165, 1.54) is 16.7 Å². The number of hydrogen-bond acceptors (Lipinski definition) is 3. The van der Waals surface area contributed by atoms with E-state index < -0.39 is 0 Å². The van der Waals surface area contributed by atoms with Gasteiger partial charge in [-0.2, -0.15) is 0 Å². The van der Waals surface area contributed by atoms with E-state index in [2.05, 4.69) is 47.2 Å². The number of H-pyrrole nitrogens is 1. The van der Waals surface area contributed by atoms with Gasteiger partial charge < -0.3 is 9.51 Å². The monoisotopic (exact) mass is 281 g/mol. The quantitative estimate of drug-likeness (QED) is 0.793. The Labute approximate surface area is 124 Å². The fourth-order valence-electron chi connectivity index (χ4n) is 2.72. The molecule has 21 heavy (non-hydrogen) atoms. The Hall–Kier alpha value is -2.36. The summed E-state index contributed by atoms with van der Waals surface area (Å²) >= 11 is 0. The zero-order chi connectivity index (χ0) is 14.8. The molecule has 0 radical (unpaired) electrons. The maximum absolute atomic E-state index is 5.20. The lowest BCUT2D eigenvalue weighted by molar-refractivity contribution is 0.389. The normalized spacial score (nSPS) is 12.5. The van der Waals surface area contributed by atoms with Crippen LogP contribution >= 0.6 is 0 Å². The molecular formula is C17H19N3O. The molecule has 4 heteroatoms. The third kappa shape index (κ3) is 2.75. The molecule has 0 aliphatic rings. The molecule has 0 fully saturated rings. The molecule has 0 bridgehead atoms. The fraction of sp³-hybridized carbons (Fsp3) is 0.294. The van der Waals surface area contributed by atoms with E-state index >= 15 is 0 Å². The van der Waals surface area contributed by atoms with Gasteiger partial charge in [0.15, 0.2) is 0 Å². The van der Waals surface area contributed by atoms with Gasteiger partial charge in [-0.1, -0.05) is 23.4 Å². The Balaban J connectivity index is 2.02. The number of rotatable bonds is 4. The maximum Gasteiger partial charge on any atom is 0.133 e. The lowest BCUT2D eigenvalue weighted by atomic mass is 9.87. The van der Waals surface area contributed by atoms with E-state index in [1.54, 1.807) is 6.33 Å². The van der Waals surface area contributed by atoms with Gasteiger partial charge >= 0.3 is 0 Å². The first kappa shape index (κ1) is 13.6. The van der Waals surface area contributed by atoms with Crippen molar-refractivity contribution in [2.45, 2.75) is 33.1 Å². The Morgan fingerprint density at radius 2 is 2.10 bits per heavy atom. The van der Waals surface area contributed by atoms with Crippen molar-refractivity contribution in [2.75, 3.05) is 0 Å². The van der Waals surface area contributed by atoms with Crippen LogP contribution in [-0.2, 0) is 6.42 Å². The summed E-state index contributed by atoms with van der Waals surface area (Å²) < 4.78 is 5.20. The third-order valence-corrected chi connectivity index (χ3v) is 4.01. The van der Waals surface area contributed by atoms with E-state index in [0.717, 1.165) is 23.6 Å². The largest absolute Gasteiger partial charge is 0.361 e. The highest BCUT2D eigenvalue weighted by Crippen LogP contribution is 2.30. The smallest absolute Gasteiger partial charge is 0.133 e. The van der Waals surface area contributed by atoms with Gasteiger partial charge in [-0.15, -0.1) is 0 Å². The second kappa shape index (κ2) is 5.56. The lowest BCUT2D eigenvalue weighted by Gasteiger charge is -2.18. The molecular weight excluding hydrogens is 262 g/mol. The van der Waals surface area contributed by atoms with Crippen molar-refractivity contribution in [1.29, 1.82) is 0 Å². The van der Waals surface area contributed by atoms with Crippen molar-refractivity contribution in [1.82, 2.24) is 15.1 Å². The highest BCUT2D eigenvalue weighted by molar-refractivity contribution is 5.40. The Morgan fingerprint density at radius 3 is 2.76 bits per heavy atom. The number of imidazole rings is 1. The Kier molecular flexibility index (Phi) is 3.60. The van der Waals surface area contributed by atoms with Gasteiger partial charge in [-0.05, 0) is 37.5 Å². The van der Waals surface area contributed by atoms with Gasteiger partial charge in [0.1, 0.15) is 5.76 Å². The molecule has 0 amide bonds. The van der Waals surface area contributed by atoms with Crippen LogP contribution in [0.3, 0.4) is 0 Å². The first-order valence-corrected chi connectivity index (χ1v) is 7.11. The predicted molar refractivity (Wildman–Crippen MR) is 81.3 cm³/mol. The van der Waals surface area contributed by atoms with Crippen molar-refractivity contribution in [2.24, 2.45) is 0 Å². The van der Waals surface area contributed by atoms with Crippen LogP contribution in [0.25, 0.3) is 0 Å². The van der Waals surface area contributed by atoms with Crippen molar-refractivity contribution in [3.05, 3.63) is 70.6 Å². The molecule has 3 rings (SSSR count). The van der Waals surface area contributed by atoms with E-state index in [9.17, 15) is 0 Å². The summed E-state index contributed by atoms with van der Waals surface area (Å²) in [6.45, 7) is 6.23. The molecule has 0 unspecified atom stereocenters. The van der Waals surface area contributed by atoms with Crippen LogP contribution in [0, 0.1) is 20.8 Å². The standard InChI is InChI=1S/C17H19N3O/c1-11-5-4-6-15(13(11)3)16(17-9-18-10-19-17)8-14-7-12(2)21-20-14/h4-7,9-10,16H,8H2,1-3H3,(H,18,19)/t16-/m0/s1. The Bertz CT molecular complexity index is 728. The summed E-state index contributed by atoms with van der Waals surface area (Å²) in [7, 11) is 0. The second-order valence-corrected chi connectivity index (χ2v) is 5.48. The molecule has 1 N–H and O–H groups in total. The van der Waals surface area contributed by atoms with Crippen LogP contribution in [0.1, 0.15) is 39.8 Å². The molecule has 0 aliphatic heterocycles. The molecule has 2 heterocycles. The van der Waals surface area contributed by atoms with E-state index in [1.807, 2.05) is 19.2 Å². The van der Waals surface area contributed by atoms with Crippen molar-refractivity contribution in [3.63, 3.8) is 0 Å². The molecule has 1 aromatic carbocycles. The summed E-state index contributed by atoms with van der Waals surface area (Å²) in [4.78, 5) is 7.41. The average molecular weight is 281 g/mol. The summed E-state index contributed by atoms with van der Waals surface area (Å²) in [6, 6.07) is 8.42. The molecule has 3 aromatic rings. The number of aryl methyl sites for hydroxylation is 2. The minimum absolute atomic E-state index is 0.205. The molecule has 0 spiro atoms. The first-order chi connectivity index (χ1) is 10.1. The molecule has 0 saturated heterocycles. The maximum atomic E-state index is 5.20. The second-order valence-electron chi connectivity index (χ2n) is 5.48. The fourth-order valence-corrected chi connectivity index (χ4v) is 2.72. The highest BCUT2D eigenvalue weighted by Gasteiger charge is 2.20. The van der Waals surface area contributed by atoms with Gasteiger partial charge in [-0.25, -0.2) is 4.98 Å². The van der Waals surface area contributed by atoms with Crippen LogP contribution in [0.4, 0.5) is 0 Å². The van der Waals surface area contributed by atoms with Crippen LogP contribution in [-0.4, -0.2) is 15.1 Å². The van der Waals surface area contributed by atoms with Crippen LogP contribution in [0.15, 0.2) is 41.3 Å². The molecule has 108 valence electrons. The zero-order valence-corrected chi connectivity index (χ0v) is 12.6. The molecule has 2 aromatic heterocycles. The summed E-state index contributed by atoms with van der Waals surface area (Å²) in [5.74, 6) is 1.05. The van der Waals surface area contributed by atoms with Gasteiger partial charge in [0.2, 0.25) is 0 Å². The number of nitrogens with one attached hydrogen (secondary N) is 1. The number of benzene rings is 1. The van der Waals surface area contributed by atoms with Gasteiger partial charge in [0.05, 0.1) is 12.0 Å². The first-order valence-electron chi connectivity index (χ1n) is 7.11. The lowest BCUT2D eigenvalue weighted by Crippen LogP contribution is -2.08. The topological polar surface area (TPSA) is 54.7 Å². The van der Waals surface area contributed by atoms with E-state index in [-0.39, 0.29) is 5.92 Å². The van der Waals surface area contributed by atoms with Crippen molar-refractivity contribution >= 4 is 0 Å². The summed E-state index contributed by atoms with van der Waals surface area (Å²) in [5.41, 5.74) is 5.99. The summed E-state index contributed by atoms with van der Waals surface area (Å²) in [6.07, 6.45) is 4.41. The van der Waals surface area contributed by atoms with Gasteiger partial charge in [0, 0.05) is 30.3 Å². The van der Waals surface area contributed by atoms with E-state index in [4.69, 9.17) is 4.52 Å². The number of aromatic nitrogens is 3. The molecule has 0 aliphatic carbocycles. The SMILES string of the molecule is Cc1cc(C[C@H](c2cnc[nH]2)c2cccc(C)c2C)no1. The van der Waals surface area contributed by atoms with Crippen molar-refractivity contribution < 1.29 is 4.52 Å². The van der Waals surface area contributed by atoms with E-state index in [0.29, 0.717) is 0 Å². The summed E-state index contributed by atoms with van der Waals surface area (Å²) in [5, 5.41) is 4.13. The Morgan fingerprint density at radius 1 is 1.24 bits per heavy atom. The number of aromatic amines is 1. The van der Waals surface area contributed by atoms with Crippen LogP contribution in [0.2, 0.25) is 0 Å². The van der Waals surface area contributed by atoms with Gasteiger partial charge in [0.25, 0.3) is 0 Å². The zero-order valence-electron chi connectivity index (χ0n) is 12.6. The highest BCUT2D eigenvalue weighted by atomic mass is 16.5. The van der Waals surface area contributed by atoms with Crippen LogP contribution < -0.4 is 0 Å². The van der Waals surface area contributed by atoms with Gasteiger partial charge in [-0.3, -0.25) is 0 Å². The predicted octanol–water partition coefficient (Wildman–Crippen LogP) is 3.70. The third-order valence-electron chi connectivity index (χ3n) is 4.01. The van der Waals surface area contributed by atoms with Crippen LogP contribution in [0.5, 0.6) is 0 Å².